The number of anilines is 3. The summed E-state index contributed by atoms with van der Waals surface area (Å²) >= 11 is 1.65. The fraction of sp³-hybridized carbons (Fsp3) is 0.377. The van der Waals surface area contributed by atoms with Crippen LogP contribution in [0, 0.1) is 0 Å². The number of rotatable bonds is 23. The highest BCUT2D eigenvalue weighted by atomic mass is 32.2. The summed E-state index contributed by atoms with van der Waals surface area (Å²) in [5.74, 6) is 2.73. The van der Waals surface area contributed by atoms with Gasteiger partial charge in [0.15, 0.2) is 12.6 Å². The molecule has 0 heterocycles. The summed E-state index contributed by atoms with van der Waals surface area (Å²) in [4.78, 5) is 33.5. The van der Waals surface area contributed by atoms with Gasteiger partial charge in [0.05, 0.1) is 25.6 Å². The molecule has 13 rings (SSSR count). The first-order chi connectivity index (χ1) is 68.3. The number of hydrogen-bond acceptors (Lipinski definition) is 15. The molecule has 0 fully saturated rings. The molecule has 4 N–H and O–H groups in total. The molecule has 17 heteroatoms. The third kappa shape index (κ3) is 32.0. The first-order valence-electron chi connectivity index (χ1n) is 51.0. The van der Waals surface area contributed by atoms with E-state index in [0.717, 1.165) is 107 Å². The number of aromatic hydroxyl groups is 3. The molecule has 0 saturated carbocycles. The lowest BCUT2D eigenvalue weighted by Crippen LogP contribution is -2.27. The van der Waals surface area contributed by atoms with Gasteiger partial charge in [-0.15, -0.1) is 10.2 Å². The van der Waals surface area contributed by atoms with Crippen LogP contribution in [0.5, 0.6) is 28.7 Å². The number of nitrogens with zero attached hydrogens (tertiary/aromatic N) is 5. The Morgan fingerprint density at radius 3 is 1.21 bits per heavy atom. The number of aliphatic imine (C=N–C) groups is 1. The number of para-hydroxylation sites is 4. The summed E-state index contributed by atoms with van der Waals surface area (Å²) in [6.07, 6.45) is 3.27. The van der Waals surface area contributed by atoms with Crippen molar-refractivity contribution in [2.75, 3.05) is 56.8 Å². The van der Waals surface area contributed by atoms with E-state index in [0.29, 0.717) is 46.9 Å². The first-order valence-corrected chi connectivity index (χ1v) is 55.8. The minimum atomic E-state index is -2.76. The van der Waals surface area contributed by atoms with Crippen LogP contribution < -0.4 is 45.8 Å². The van der Waals surface area contributed by atoms with Crippen LogP contribution in [0.1, 0.15) is 306 Å². The van der Waals surface area contributed by atoms with E-state index in [1.807, 2.05) is 134 Å². The second-order valence-corrected chi connectivity index (χ2v) is 54.8. The molecule has 2 unspecified atom stereocenters. The number of carbonyl (C=O) groups excluding carboxylic acids is 2. The molecule has 0 bridgehead atoms. The van der Waals surface area contributed by atoms with Crippen molar-refractivity contribution < 1.29 is 38.9 Å². The van der Waals surface area contributed by atoms with Crippen molar-refractivity contribution in [1.82, 2.24) is 0 Å². The molecule has 2 atom stereocenters. The highest BCUT2D eigenvalue weighted by molar-refractivity contribution is 7.99. The Kier molecular flexibility index (Phi) is 39.4. The zero-order valence-corrected chi connectivity index (χ0v) is 97.4. The Balaban J connectivity index is 0.000000205. The van der Waals surface area contributed by atoms with Gasteiger partial charge >= 0.3 is 0 Å². The van der Waals surface area contributed by atoms with Crippen molar-refractivity contribution in [3.63, 3.8) is 0 Å². The number of carbonyl (C=O) groups is 2. The second kappa shape index (κ2) is 48.9. The van der Waals surface area contributed by atoms with Crippen LogP contribution in [0.3, 0.4) is 0 Å². The molecule has 13 aromatic rings. The molecule has 14 nitrogen and oxygen atoms in total. The van der Waals surface area contributed by atoms with Gasteiger partial charge < -0.3 is 44.5 Å². The van der Waals surface area contributed by atoms with E-state index in [4.69, 9.17) is 9.47 Å². The summed E-state index contributed by atoms with van der Waals surface area (Å²) in [6.45, 7) is 71.5. The van der Waals surface area contributed by atoms with Crippen molar-refractivity contribution in [3.05, 3.63) is 362 Å². The molecule has 13 aromatic carbocycles. The lowest BCUT2D eigenvalue weighted by atomic mass is 9.79. The van der Waals surface area contributed by atoms with Crippen molar-refractivity contribution in [2.24, 2.45) is 15.2 Å². The molecule has 0 aromatic heterocycles. The van der Waals surface area contributed by atoms with Crippen molar-refractivity contribution in [3.8, 4) is 28.7 Å². The Bertz CT molecular complexity index is 6760. The first kappa shape index (κ1) is 118. The molecule has 0 aliphatic heterocycles. The van der Waals surface area contributed by atoms with Gasteiger partial charge in [0.25, 0.3) is 0 Å². The van der Waals surface area contributed by atoms with E-state index in [1.54, 1.807) is 56.5 Å². The third-order valence-corrected chi connectivity index (χ3v) is 32.0. The highest BCUT2D eigenvalue weighted by Gasteiger charge is 2.34. The molecule has 0 aliphatic carbocycles. The van der Waals surface area contributed by atoms with Gasteiger partial charge in [-0.2, -0.15) is 0 Å². The normalized spacial score (nSPS) is 12.9. The highest BCUT2D eigenvalue weighted by Crippen LogP contribution is 2.49. The molecule has 0 radical (unpaired) electrons. The van der Waals surface area contributed by atoms with E-state index in [1.165, 1.54) is 49.7 Å². The zero-order valence-electron chi connectivity index (χ0n) is 94.8. The molecular formula is C130H166N6O8P2S. The van der Waals surface area contributed by atoms with Gasteiger partial charge in [-0.3, -0.25) is 14.6 Å². The number of ether oxygens (including phenoxy) is 2. The van der Waals surface area contributed by atoms with Gasteiger partial charge in [0.1, 0.15) is 41.6 Å². The van der Waals surface area contributed by atoms with E-state index in [2.05, 4.69) is 380 Å². The minimum absolute atomic E-state index is 0.00286. The van der Waals surface area contributed by atoms with Crippen LogP contribution in [0.2, 0.25) is 0 Å². The number of methoxy groups -OCH3 is 2. The Labute approximate surface area is 887 Å². The average molecular weight is 2030 g/mol. The number of hydrogen-bond donors (Lipinski definition) is 4. The summed E-state index contributed by atoms with van der Waals surface area (Å²) in [6, 6.07) is 91.7. The quantitative estimate of drug-likeness (QED) is 0.0206. The van der Waals surface area contributed by atoms with Crippen LogP contribution in [-0.4, -0.2) is 75.8 Å². The van der Waals surface area contributed by atoms with E-state index in [-0.39, 0.29) is 65.6 Å². The van der Waals surface area contributed by atoms with Gasteiger partial charge in [-0.05, 0) is 211 Å². The monoisotopic (exact) mass is 2030 g/mol. The molecule has 0 spiro atoms. The number of benzene rings is 13. The largest absolute Gasteiger partial charge is 0.507 e. The summed E-state index contributed by atoms with van der Waals surface area (Å²) in [5.41, 5.74) is 20.7. The van der Waals surface area contributed by atoms with E-state index in [9.17, 15) is 29.5 Å². The van der Waals surface area contributed by atoms with Crippen LogP contribution >= 0.6 is 26.8 Å². The van der Waals surface area contributed by atoms with Crippen molar-refractivity contribution in [1.29, 1.82) is 0 Å². The lowest BCUT2D eigenvalue weighted by Gasteiger charge is -2.31. The molecule has 780 valence electrons. The van der Waals surface area contributed by atoms with Crippen LogP contribution in [0.4, 0.5) is 34.1 Å². The van der Waals surface area contributed by atoms with Crippen LogP contribution in [-0.2, 0) is 78.3 Å². The van der Waals surface area contributed by atoms with Gasteiger partial charge in [0.2, 0.25) is 0 Å². The van der Waals surface area contributed by atoms with Crippen molar-refractivity contribution in [2.45, 2.75) is 291 Å². The predicted molar refractivity (Wildman–Crippen MR) is 632 cm³/mol. The molecular weight excluding hydrogens is 1870 g/mol. The number of azo groups is 1. The average Bonchev–Trinajstić information content (AvgIpc) is 0.774. The molecule has 0 saturated heterocycles. The van der Waals surface area contributed by atoms with E-state index >= 15 is 0 Å². The minimum Gasteiger partial charge on any atom is -0.507 e. The smallest absolute Gasteiger partial charge is 0.152 e. The summed E-state index contributed by atoms with van der Waals surface area (Å²) < 4.78 is 26.1. The number of aldehydes is 2. The second-order valence-electron chi connectivity index (χ2n) is 48.7. The summed E-state index contributed by atoms with van der Waals surface area (Å²) in [5, 5.41) is 49.4. The topological polar surface area (TPSA) is 186 Å². The fourth-order valence-electron chi connectivity index (χ4n) is 17.1. The lowest BCUT2D eigenvalue weighted by molar-refractivity contribution is 0.111. The maximum atomic E-state index is 14.0. The number of phenols is 3. The maximum absolute atomic E-state index is 14.0. The number of phenolic OH excluding ortho intramolecular Hbond substituents is 3. The van der Waals surface area contributed by atoms with Gasteiger partial charge in [-0.1, -0.05) is 395 Å². The van der Waals surface area contributed by atoms with Gasteiger partial charge in [0, 0.05) is 138 Å². The zero-order chi connectivity index (χ0) is 109. The Morgan fingerprint density at radius 1 is 0.367 bits per heavy atom. The van der Waals surface area contributed by atoms with Crippen LogP contribution in [0.25, 0.3) is 0 Å². The fourth-order valence-corrected chi connectivity index (χ4v) is 21.8. The predicted octanol–water partition coefficient (Wildman–Crippen LogP) is 33.4. The summed E-state index contributed by atoms with van der Waals surface area (Å²) in [7, 11) is 4.65. The Morgan fingerprint density at radius 2 is 0.735 bits per heavy atom. The van der Waals surface area contributed by atoms with Crippen molar-refractivity contribution >= 4 is 101 Å². The van der Waals surface area contributed by atoms with Crippen LogP contribution in [0.15, 0.2) is 298 Å². The van der Waals surface area contributed by atoms with E-state index < -0.39 is 15.1 Å². The SMILES string of the molecule is CC(C)(C)c1cc(C=Nc2ccccc2C=O)c(O)c(C(C)(C)C)c1.CC(C)(C)c1cc(CNc2ccccc2C=O)c(O)c(C(C)(C)C)c1.CC(C)(C)c1cc(N=Nc2ccccc2Sc2ccccc2)c(O)c(C(C)(C)C)c1.COc1c(CN(C)c2ccccc2P(C)(=O)c2ccccc2)cc(C(C)(C)C)cc1C(C)(C)C.COc1c(CN(C)c2ccccc2P(C)c2ccccc2)cc(C(C)(C)C)cc1C(C)(C)C. The molecule has 147 heavy (non-hydrogen) atoms. The Hall–Kier alpha value is -12.1. The van der Waals surface area contributed by atoms with Gasteiger partial charge in [-0.25, -0.2) is 0 Å². The standard InChI is InChI=1S/C30H40NO2P.C30H40NOP.C26H30N2OS.C22H29NO2.C22H27NO2/c1-29(2,3)23-19-22(28(33-8)25(20-23)30(4,5)6)21-31(7)26-17-13-14-18-27(26)34(9,32)24-15-11-10-12-16-24;1-29(2,3)23-19-22(28(32-8)25(20-23)30(4,5)6)21-31(7)26-17-13-14-18-27(26)33(9)24-15-11-10-12-16-24;1-25(2,3)18-16-20(26(4,5)6)24(29)22(17-18)28-27-21-14-10-11-15-23(21)30-19-12-8-7-9-13-19;2*1-21(2,3)17-11-16(20(25)18(12-17)22(4,5)6)13-23-19-10-8-7-9-15(19)14-24/h10-20H,21H2,1-9H3;10-20H,21H2,1-9H3;7-17,29H,1-6H3;7-12,14,23,25H,13H2,1-6H3;7-14,25H,1-6H3. The molecule has 0 aliphatic rings. The number of nitrogens with one attached hydrogen (secondary N) is 1. The molecule has 0 amide bonds. The maximum Gasteiger partial charge on any atom is 0.152 e. The third-order valence-electron chi connectivity index (χ3n) is 26.2.